The van der Waals surface area contributed by atoms with Crippen molar-refractivity contribution in [2.24, 2.45) is 0 Å². The number of fused-ring (bicyclic) bond motifs is 1. The van der Waals surface area contributed by atoms with Crippen LogP contribution >= 0.6 is 0 Å². The number of carbonyl (C=O) groups excluding carboxylic acids is 1. The van der Waals surface area contributed by atoms with Crippen molar-refractivity contribution >= 4 is 16.8 Å². The minimum absolute atomic E-state index is 0.166. The summed E-state index contributed by atoms with van der Waals surface area (Å²) in [4.78, 5) is 16.5. The Bertz CT molecular complexity index is 623. The van der Waals surface area contributed by atoms with E-state index in [4.69, 9.17) is 6.42 Å². The Kier molecular flexibility index (Phi) is 4.15. The molecular weight excluding hydrogens is 236 g/mol. The third kappa shape index (κ3) is 2.92. The molecule has 1 heterocycles. The number of carbonyl (C=O) groups is 1. The molecular formula is C16H16N2O. The fourth-order valence-corrected chi connectivity index (χ4v) is 2.01. The van der Waals surface area contributed by atoms with E-state index >= 15 is 0 Å². The Morgan fingerprint density at radius 3 is 2.95 bits per heavy atom. The summed E-state index contributed by atoms with van der Waals surface area (Å²) in [6, 6.07) is 9.11. The number of pyridine rings is 1. The summed E-state index contributed by atoms with van der Waals surface area (Å²) >= 11 is 0. The van der Waals surface area contributed by atoms with E-state index < -0.39 is 0 Å². The van der Waals surface area contributed by atoms with E-state index in [0.717, 1.165) is 18.2 Å². The molecule has 0 saturated carbocycles. The summed E-state index contributed by atoms with van der Waals surface area (Å²) in [7, 11) is 0. The van der Waals surface area contributed by atoms with Crippen molar-refractivity contribution in [1.29, 1.82) is 0 Å². The molecule has 1 N–H and O–H groups in total. The van der Waals surface area contributed by atoms with Crippen molar-refractivity contribution in [3.05, 3.63) is 42.1 Å². The van der Waals surface area contributed by atoms with E-state index in [1.165, 1.54) is 0 Å². The second kappa shape index (κ2) is 6.01. The molecule has 1 amide bonds. The van der Waals surface area contributed by atoms with Gasteiger partial charge in [-0.15, -0.1) is 6.42 Å². The van der Waals surface area contributed by atoms with Crippen molar-refractivity contribution in [3.63, 3.8) is 0 Å². The monoisotopic (exact) mass is 252 g/mol. The van der Waals surface area contributed by atoms with Gasteiger partial charge < -0.3 is 5.32 Å². The van der Waals surface area contributed by atoms with Crippen LogP contribution in [0, 0.1) is 12.3 Å². The molecule has 0 saturated heterocycles. The van der Waals surface area contributed by atoms with Gasteiger partial charge in [-0.05, 0) is 18.6 Å². The predicted octanol–water partition coefficient (Wildman–Crippen LogP) is 2.77. The number of aromatic nitrogens is 1. The first-order chi connectivity index (χ1) is 9.26. The van der Waals surface area contributed by atoms with E-state index in [-0.39, 0.29) is 11.9 Å². The van der Waals surface area contributed by atoms with Gasteiger partial charge in [-0.1, -0.05) is 37.5 Å². The van der Waals surface area contributed by atoms with Crippen LogP contribution in [0.4, 0.5) is 0 Å². The van der Waals surface area contributed by atoms with Gasteiger partial charge in [0.15, 0.2) is 0 Å². The van der Waals surface area contributed by atoms with Gasteiger partial charge in [-0.3, -0.25) is 9.78 Å². The molecule has 1 atom stereocenters. The molecule has 1 aromatic carbocycles. The number of hydrogen-bond acceptors (Lipinski definition) is 2. The van der Waals surface area contributed by atoms with Crippen LogP contribution in [-0.2, 0) is 0 Å². The molecule has 0 aliphatic rings. The topological polar surface area (TPSA) is 42.0 Å². The van der Waals surface area contributed by atoms with Crippen molar-refractivity contribution < 1.29 is 4.79 Å². The summed E-state index contributed by atoms with van der Waals surface area (Å²) < 4.78 is 0. The highest BCUT2D eigenvalue weighted by Crippen LogP contribution is 2.16. The molecule has 1 unspecified atom stereocenters. The average Bonchev–Trinajstić information content (AvgIpc) is 2.46. The van der Waals surface area contributed by atoms with E-state index in [9.17, 15) is 4.79 Å². The van der Waals surface area contributed by atoms with Gasteiger partial charge in [0.25, 0.3) is 5.91 Å². The Morgan fingerprint density at radius 1 is 1.42 bits per heavy atom. The molecule has 2 aromatic rings. The molecule has 0 aliphatic heterocycles. The predicted molar refractivity (Wildman–Crippen MR) is 76.7 cm³/mol. The first kappa shape index (κ1) is 13.1. The zero-order chi connectivity index (χ0) is 13.7. The van der Waals surface area contributed by atoms with Crippen LogP contribution in [-0.4, -0.2) is 16.9 Å². The maximum Gasteiger partial charge on any atom is 0.254 e. The maximum atomic E-state index is 12.3. The standard InChI is InChI=1S/C16H16N2O/c1-3-7-13(4-2)18-16(19)14-10-5-8-12-9-6-11-17-15(12)14/h2,5-6,8-11,13H,3,7H2,1H3,(H,18,19). The quantitative estimate of drug-likeness (QED) is 0.850. The molecule has 0 aliphatic carbocycles. The Hall–Kier alpha value is -2.34. The lowest BCUT2D eigenvalue weighted by atomic mass is 10.1. The van der Waals surface area contributed by atoms with Crippen LogP contribution in [0.2, 0.25) is 0 Å². The fraction of sp³-hybridized carbons (Fsp3) is 0.250. The van der Waals surface area contributed by atoms with Crippen molar-refractivity contribution in [2.75, 3.05) is 0 Å². The van der Waals surface area contributed by atoms with Gasteiger partial charge in [-0.2, -0.15) is 0 Å². The van der Waals surface area contributed by atoms with Gasteiger partial charge in [0.05, 0.1) is 17.1 Å². The molecule has 0 spiro atoms. The number of para-hydroxylation sites is 1. The fourth-order valence-electron chi connectivity index (χ4n) is 2.01. The summed E-state index contributed by atoms with van der Waals surface area (Å²) in [6.07, 6.45) is 8.81. The second-order valence-corrected chi connectivity index (χ2v) is 4.36. The van der Waals surface area contributed by atoms with Crippen LogP contribution in [0.3, 0.4) is 0 Å². The number of hydrogen-bond donors (Lipinski definition) is 1. The molecule has 3 heteroatoms. The molecule has 1 aromatic heterocycles. The molecule has 3 nitrogen and oxygen atoms in total. The number of amides is 1. The zero-order valence-electron chi connectivity index (χ0n) is 10.9. The van der Waals surface area contributed by atoms with Gasteiger partial charge in [-0.25, -0.2) is 0 Å². The molecule has 0 fully saturated rings. The number of nitrogens with zero attached hydrogens (tertiary/aromatic N) is 1. The summed E-state index contributed by atoms with van der Waals surface area (Å²) in [5.74, 6) is 2.43. The third-order valence-electron chi connectivity index (χ3n) is 2.96. The van der Waals surface area contributed by atoms with Gasteiger partial charge in [0.1, 0.15) is 0 Å². The number of nitrogens with one attached hydrogen (secondary N) is 1. The third-order valence-corrected chi connectivity index (χ3v) is 2.96. The summed E-state index contributed by atoms with van der Waals surface area (Å²) in [5, 5.41) is 3.81. The minimum Gasteiger partial charge on any atom is -0.338 e. The molecule has 2 rings (SSSR count). The highest BCUT2D eigenvalue weighted by atomic mass is 16.1. The lowest BCUT2D eigenvalue weighted by Gasteiger charge is -2.12. The molecule has 0 bridgehead atoms. The summed E-state index contributed by atoms with van der Waals surface area (Å²) in [5.41, 5.74) is 1.27. The van der Waals surface area contributed by atoms with Crippen LogP contribution in [0.15, 0.2) is 36.5 Å². The van der Waals surface area contributed by atoms with Gasteiger partial charge >= 0.3 is 0 Å². The highest BCUT2D eigenvalue weighted by molar-refractivity contribution is 6.05. The minimum atomic E-state index is -0.225. The smallest absolute Gasteiger partial charge is 0.254 e. The average molecular weight is 252 g/mol. The van der Waals surface area contributed by atoms with Gasteiger partial charge in [0.2, 0.25) is 0 Å². The first-order valence-corrected chi connectivity index (χ1v) is 6.37. The largest absolute Gasteiger partial charge is 0.338 e. The number of benzene rings is 1. The van der Waals surface area contributed by atoms with E-state index in [0.29, 0.717) is 11.1 Å². The molecule has 0 radical (unpaired) electrons. The van der Waals surface area contributed by atoms with Crippen LogP contribution < -0.4 is 5.32 Å². The second-order valence-electron chi connectivity index (χ2n) is 4.36. The van der Waals surface area contributed by atoms with Crippen LogP contribution in [0.1, 0.15) is 30.1 Å². The molecule has 96 valence electrons. The van der Waals surface area contributed by atoms with Crippen molar-refractivity contribution in [2.45, 2.75) is 25.8 Å². The zero-order valence-corrected chi connectivity index (χ0v) is 10.9. The van der Waals surface area contributed by atoms with Crippen LogP contribution in [0.25, 0.3) is 10.9 Å². The van der Waals surface area contributed by atoms with Gasteiger partial charge in [0, 0.05) is 11.6 Å². The Morgan fingerprint density at radius 2 is 2.21 bits per heavy atom. The normalized spacial score (nSPS) is 11.8. The molecule has 19 heavy (non-hydrogen) atoms. The summed E-state index contributed by atoms with van der Waals surface area (Å²) in [6.45, 7) is 2.04. The SMILES string of the molecule is C#CC(CCC)NC(=O)c1cccc2cccnc12. The number of rotatable bonds is 4. The van der Waals surface area contributed by atoms with E-state index in [1.807, 2.05) is 31.2 Å². The lowest BCUT2D eigenvalue weighted by Crippen LogP contribution is -2.33. The Balaban J connectivity index is 2.29. The maximum absolute atomic E-state index is 12.3. The highest BCUT2D eigenvalue weighted by Gasteiger charge is 2.13. The lowest BCUT2D eigenvalue weighted by molar-refractivity contribution is 0.0946. The van der Waals surface area contributed by atoms with Crippen molar-refractivity contribution in [1.82, 2.24) is 10.3 Å². The van der Waals surface area contributed by atoms with E-state index in [1.54, 1.807) is 12.3 Å². The number of terminal acetylenes is 1. The Labute approximate surface area is 113 Å². The van der Waals surface area contributed by atoms with Crippen molar-refractivity contribution in [3.8, 4) is 12.3 Å². The van der Waals surface area contributed by atoms with E-state index in [2.05, 4.69) is 16.2 Å². The van der Waals surface area contributed by atoms with Crippen LogP contribution in [0.5, 0.6) is 0 Å². The first-order valence-electron chi connectivity index (χ1n) is 6.37.